The number of ether oxygens (including phenoxy) is 1. The first-order chi connectivity index (χ1) is 9.20. The van der Waals surface area contributed by atoms with Crippen molar-refractivity contribution in [2.75, 3.05) is 11.9 Å². The third kappa shape index (κ3) is 3.25. The second kappa shape index (κ2) is 5.90. The van der Waals surface area contributed by atoms with Crippen molar-refractivity contribution in [3.63, 3.8) is 0 Å². The van der Waals surface area contributed by atoms with Gasteiger partial charge in [-0.15, -0.1) is 0 Å². The van der Waals surface area contributed by atoms with E-state index in [4.69, 9.17) is 4.74 Å². The van der Waals surface area contributed by atoms with Gasteiger partial charge in [0.1, 0.15) is 11.6 Å². The topological polar surface area (TPSA) is 64.1 Å². The fourth-order valence-electron chi connectivity index (χ4n) is 1.42. The van der Waals surface area contributed by atoms with Crippen LogP contribution in [0, 0.1) is 5.82 Å². The van der Waals surface area contributed by atoms with Crippen molar-refractivity contribution in [1.82, 2.24) is 9.97 Å². The van der Waals surface area contributed by atoms with Crippen LogP contribution < -0.4 is 5.32 Å². The van der Waals surface area contributed by atoms with Gasteiger partial charge in [-0.1, -0.05) is 12.1 Å². The monoisotopic (exact) mass is 261 g/mol. The number of halogens is 1. The molecule has 0 aliphatic rings. The van der Waals surface area contributed by atoms with Crippen molar-refractivity contribution in [2.45, 2.75) is 6.92 Å². The number of hydrogen-bond acceptors (Lipinski definition) is 5. The van der Waals surface area contributed by atoms with Crippen LogP contribution in [0.1, 0.15) is 17.5 Å². The molecule has 0 bridgehead atoms. The summed E-state index contributed by atoms with van der Waals surface area (Å²) in [5, 5.41) is 2.78. The maximum Gasteiger partial charge on any atom is 0.376 e. The average Bonchev–Trinajstić information content (AvgIpc) is 2.42. The molecule has 1 aromatic carbocycles. The predicted molar refractivity (Wildman–Crippen MR) is 67.7 cm³/mol. The Labute approximate surface area is 109 Å². The van der Waals surface area contributed by atoms with E-state index in [1.165, 1.54) is 18.3 Å². The summed E-state index contributed by atoms with van der Waals surface area (Å²) in [5.41, 5.74) is 0.274. The number of carbonyl (C=O) groups excluding carboxylic acids is 1. The van der Waals surface area contributed by atoms with Crippen LogP contribution in [0.2, 0.25) is 0 Å². The van der Waals surface area contributed by atoms with Gasteiger partial charge in [0.2, 0.25) is 5.82 Å². The molecule has 0 saturated carbocycles. The second-order valence-corrected chi connectivity index (χ2v) is 3.59. The van der Waals surface area contributed by atoms with Gasteiger partial charge in [-0.25, -0.2) is 19.2 Å². The lowest BCUT2D eigenvalue weighted by molar-refractivity contribution is 0.0512. The van der Waals surface area contributed by atoms with Gasteiger partial charge in [0.25, 0.3) is 0 Å². The first kappa shape index (κ1) is 12.9. The molecule has 0 fully saturated rings. The number of benzene rings is 1. The minimum absolute atomic E-state index is 0.0665. The Morgan fingerprint density at radius 1 is 1.37 bits per heavy atom. The summed E-state index contributed by atoms with van der Waals surface area (Å²) in [4.78, 5) is 19.2. The summed E-state index contributed by atoms with van der Waals surface area (Å²) in [6.45, 7) is 1.94. The number of aromatic nitrogens is 2. The highest BCUT2D eigenvalue weighted by atomic mass is 19.1. The van der Waals surface area contributed by atoms with Crippen molar-refractivity contribution in [3.05, 3.63) is 48.2 Å². The summed E-state index contributed by atoms with van der Waals surface area (Å²) in [5.74, 6) is -0.759. The molecular formula is C13H12FN3O2. The predicted octanol–water partition coefficient (Wildman–Crippen LogP) is 2.54. The van der Waals surface area contributed by atoms with Crippen molar-refractivity contribution in [3.8, 4) is 0 Å². The molecule has 0 unspecified atom stereocenters. The Kier molecular flexibility index (Phi) is 4.02. The highest BCUT2D eigenvalue weighted by Crippen LogP contribution is 2.17. The van der Waals surface area contributed by atoms with E-state index in [-0.39, 0.29) is 18.1 Å². The molecule has 0 atom stereocenters. The van der Waals surface area contributed by atoms with E-state index in [0.717, 1.165) is 0 Å². The van der Waals surface area contributed by atoms with Gasteiger partial charge in [-0.2, -0.15) is 0 Å². The molecule has 98 valence electrons. The maximum atomic E-state index is 13.5. The van der Waals surface area contributed by atoms with Crippen LogP contribution in [0.5, 0.6) is 0 Å². The fraction of sp³-hybridized carbons (Fsp3) is 0.154. The number of para-hydroxylation sites is 1. The number of carbonyl (C=O) groups is 1. The molecule has 0 amide bonds. The van der Waals surface area contributed by atoms with E-state index in [9.17, 15) is 9.18 Å². The van der Waals surface area contributed by atoms with Crippen molar-refractivity contribution < 1.29 is 13.9 Å². The van der Waals surface area contributed by atoms with Gasteiger partial charge in [-0.05, 0) is 25.1 Å². The lowest BCUT2D eigenvalue weighted by Gasteiger charge is -2.07. The smallest absolute Gasteiger partial charge is 0.376 e. The van der Waals surface area contributed by atoms with Gasteiger partial charge in [-0.3, -0.25) is 0 Å². The van der Waals surface area contributed by atoms with E-state index in [1.807, 2.05) is 0 Å². The van der Waals surface area contributed by atoms with Crippen LogP contribution in [0.15, 0.2) is 36.5 Å². The largest absolute Gasteiger partial charge is 0.460 e. The van der Waals surface area contributed by atoms with E-state index in [2.05, 4.69) is 15.3 Å². The first-order valence-electron chi connectivity index (χ1n) is 5.72. The third-order valence-electron chi connectivity index (χ3n) is 2.25. The third-order valence-corrected chi connectivity index (χ3v) is 2.25. The van der Waals surface area contributed by atoms with E-state index in [0.29, 0.717) is 5.82 Å². The number of rotatable bonds is 4. The summed E-state index contributed by atoms with van der Waals surface area (Å²) in [7, 11) is 0. The average molecular weight is 261 g/mol. The number of esters is 1. The fourth-order valence-corrected chi connectivity index (χ4v) is 1.42. The van der Waals surface area contributed by atoms with Crippen LogP contribution >= 0.6 is 0 Å². The van der Waals surface area contributed by atoms with Crippen LogP contribution in [0.3, 0.4) is 0 Å². The van der Waals surface area contributed by atoms with Gasteiger partial charge in [0.15, 0.2) is 0 Å². The Balaban J connectivity index is 2.20. The number of nitrogens with zero attached hydrogens (tertiary/aromatic N) is 2. The molecule has 1 aromatic heterocycles. The Bertz CT molecular complexity index is 590. The minimum Gasteiger partial charge on any atom is -0.460 e. The second-order valence-electron chi connectivity index (χ2n) is 3.59. The molecule has 2 aromatic rings. The summed E-state index contributed by atoms with van der Waals surface area (Å²) >= 11 is 0. The Hall–Kier alpha value is -2.50. The van der Waals surface area contributed by atoms with Crippen LogP contribution in [-0.2, 0) is 4.74 Å². The van der Waals surface area contributed by atoms with E-state index < -0.39 is 11.8 Å². The van der Waals surface area contributed by atoms with Crippen LogP contribution in [-0.4, -0.2) is 22.5 Å². The highest BCUT2D eigenvalue weighted by Gasteiger charge is 2.11. The SMILES string of the molecule is CCOC(=O)c1nccc(Nc2ccccc2F)n1. The molecule has 0 saturated heterocycles. The zero-order valence-electron chi connectivity index (χ0n) is 10.3. The van der Waals surface area contributed by atoms with Crippen molar-refractivity contribution in [2.24, 2.45) is 0 Å². The normalized spacial score (nSPS) is 10.0. The molecule has 0 aliphatic carbocycles. The number of nitrogens with one attached hydrogen (secondary N) is 1. The summed E-state index contributed by atoms with van der Waals surface area (Å²) in [6.07, 6.45) is 1.41. The van der Waals surface area contributed by atoms with E-state index in [1.54, 1.807) is 25.1 Å². The van der Waals surface area contributed by atoms with Gasteiger partial charge >= 0.3 is 5.97 Å². The standard InChI is InChI=1S/C13H12FN3O2/c1-2-19-13(18)12-15-8-7-11(17-12)16-10-6-4-3-5-9(10)14/h3-8H,2H2,1H3,(H,15,16,17). The Morgan fingerprint density at radius 3 is 2.89 bits per heavy atom. The molecule has 1 heterocycles. The highest BCUT2D eigenvalue weighted by molar-refractivity contribution is 5.85. The molecule has 1 N–H and O–H groups in total. The zero-order chi connectivity index (χ0) is 13.7. The van der Waals surface area contributed by atoms with Crippen molar-refractivity contribution in [1.29, 1.82) is 0 Å². The van der Waals surface area contributed by atoms with Crippen molar-refractivity contribution >= 4 is 17.5 Å². The number of anilines is 2. The van der Waals surface area contributed by atoms with E-state index >= 15 is 0 Å². The molecular weight excluding hydrogens is 249 g/mol. The van der Waals surface area contributed by atoms with Crippen LogP contribution in [0.4, 0.5) is 15.9 Å². The molecule has 0 radical (unpaired) electrons. The zero-order valence-corrected chi connectivity index (χ0v) is 10.3. The lowest BCUT2D eigenvalue weighted by atomic mass is 10.3. The van der Waals surface area contributed by atoms with Gasteiger partial charge in [0.05, 0.1) is 12.3 Å². The number of hydrogen-bond donors (Lipinski definition) is 1. The minimum atomic E-state index is -0.611. The summed E-state index contributed by atoms with van der Waals surface area (Å²) < 4.78 is 18.2. The summed E-state index contributed by atoms with van der Waals surface area (Å²) in [6, 6.07) is 7.72. The Morgan fingerprint density at radius 2 is 2.16 bits per heavy atom. The molecule has 6 heteroatoms. The molecule has 5 nitrogen and oxygen atoms in total. The molecule has 0 spiro atoms. The molecule has 19 heavy (non-hydrogen) atoms. The first-order valence-corrected chi connectivity index (χ1v) is 5.72. The van der Waals surface area contributed by atoms with Crippen LogP contribution in [0.25, 0.3) is 0 Å². The maximum absolute atomic E-state index is 13.5. The van der Waals surface area contributed by atoms with Gasteiger partial charge in [0, 0.05) is 6.20 Å². The quantitative estimate of drug-likeness (QED) is 0.857. The lowest BCUT2D eigenvalue weighted by Crippen LogP contribution is -2.10. The molecule has 0 aliphatic heterocycles. The molecule has 2 rings (SSSR count). The van der Waals surface area contributed by atoms with Gasteiger partial charge < -0.3 is 10.1 Å².